The van der Waals surface area contributed by atoms with E-state index in [1.807, 2.05) is 42.5 Å². The zero-order valence-electron chi connectivity index (χ0n) is 14.2. The lowest BCUT2D eigenvalue weighted by Gasteiger charge is -2.31. The van der Waals surface area contributed by atoms with Crippen LogP contribution >= 0.6 is 11.8 Å². The molecule has 2 amide bonds. The molecule has 0 saturated carbocycles. The van der Waals surface area contributed by atoms with Gasteiger partial charge in [0.2, 0.25) is 18.6 Å². The first kappa shape index (κ1) is 16.8. The van der Waals surface area contributed by atoms with Gasteiger partial charge >= 0.3 is 0 Å². The molecule has 0 radical (unpaired) electrons. The predicted molar refractivity (Wildman–Crippen MR) is 98.6 cm³/mol. The van der Waals surface area contributed by atoms with Gasteiger partial charge in [0, 0.05) is 11.4 Å². The van der Waals surface area contributed by atoms with Crippen LogP contribution in [0.2, 0.25) is 0 Å². The number of ether oxygens (including phenoxy) is 2. The maximum atomic E-state index is 12.7. The molecular weight excluding hydrogens is 352 g/mol. The molecule has 2 aromatic carbocycles. The summed E-state index contributed by atoms with van der Waals surface area (Å²) >= 11 is 1.28. The summed E-state index contributed by atoms with van der Waals surface area (Å²) in [5.74, 6) is 0.857. The molecule has 2 aromatic rings. The van der Waals surface area contributed by atoms with E-state index in [1.165, 1.54) is 11.8 Å². The number of rotatable bonds is 4. The van der Waals surface area contributed by atoms with Crippen LogP contribution in [0, 0.1) is 0 Å². The third kappa shape index (κ3) is 2.99. The molecule has 0 fully saturated rings. The standard InChI is InChI=1S/C19H18N2O4S/c1-19(18(23)21-13-4-2-3-5-16(13)26-19)17(22)20-9-8-12-6-7-14-15(10-12)25-11-24-14/h2-7,10H,8-9,11H2,1H3,(H,20,22)(H,21,23). The Kier molecular flexibility index (Phi) is 4.24. The van der Waals surface area contributed by atoms with Crippen LogP contribution in [-0.4, -0.2) is 29.9 Å². The van der Waals surface area contributed by atoms with Gasteiger partial charge in [0.1, 0.15) is 0 Å². The van der Waals surface area contributed by atoms with Gasteiger partial charge in [-0.3, -0.25) is 9.59 Å². The van der Waals surface area contributed by atoms with E-state index < -0.39 is 4.75 Å². The van der Waals surface area contributed by atoms with Crippen molar-refractivity contribution >= 4 is 29.3 Å². The maximum absolute atomic E-state index is 12.7. The minimum Gasteiger partial charge on any atom is -0.454 e. The highest BCUT2D eigenvalue weighted by Crippen LogP contribution is 2.42. The fourth-order valence-electron chi connectivity index (χ4n) is 2.90. The highest BCUT2D eigenvalue weighted by Gasteiger charge is 2.45. The molecule has 0 saturated heterocycles. The van der Waals surface area contributed by atoms with Gasteiger partial charge < -0.3 is 20.1 Å². The molecule has 2 heterocycles. The number of nitrogens with one attached hydrogen (secondary N) is 2. The van der Waals surface area contributed by atoms with Crippen LogP contribution in [0.3, 0.4) is 0 Å². The highest BCUT2D eigenvalue weighted by atomic mass is 32.2. The summed E-state index contributed by atoms with van der Waals surface area (Å²) in [6.45, 7) is 2.32. The van der Waals surface area contributed by atoms with E-state index in [2.05, 4.69) is 10.6 Å². The minimum absolute atomic E-state index is 0.238. The Morgan fingerprint density at radius 3 is 2.92 bits per heavy atom. The molecule has 0 bridgehead atoms. The van der Waals surface area contributed by atoms with Crippen LogP contribution in [0.5, 0.6) is 11.5 Å². The molecule has 1 unspecified atom stereocenters. The van der Waals surface area contributed by atoms with Crippen molar-refractivity contribution in [3.8, 4) is 11.5 Å². The molecule has 0 spiro atoms. The fraction of sp³-hybridized carbons (Fsp3) is 0.263. The third-order valence-electron chi connectivity index (χ3n) is 4.45. The second kappa shape index (κ2) is 6.57. The number of amides is 2. The molecular formula is C19H18N2O4S. The number of thioether (sulfide) groups is 1. The zero-order valence-corrected chi connectivity index (χ0v) is 15.0. The van der Waals surface area contributed by atoms with Gasteiger partial charge in [-0.1, -0.05) is 30.0 Å². The average molecular weight is 370 g/mol. The van der Waals surface area contributed by atoms with Gasteiger partial charge in [0.05, 0.1) is 5.69 Å². The molecule has 0 aromatic heterocycles. The van der Waals surface area contributed by atoms with Gasteiger partial charge in [-0.2, -0.15) is 0 Å². The monoisotopic (exact) mass is 370 g/mol. The zero-order chi connectivity index (χ0) is 18.1. The number of hydrogen-bond acceptors (Lipinski definition) is 5. The van der Waals surface area contributed by atoms with Crippen molar-refractivity contribution in [1.82, 2.24) is 5.32 Å². The summed E-state index contributed by atoms with van der Waals surface area (Å²) in [5, 5.41) is 5.69. The second-order valence-corrected chi connectivity index (χ2v) is 7.74. The van der Waals surface area contributed by atoms with E-state index >= 15 is 0 Å². The molecule has 134 valence electrons. The lowest BCUT2D eigenvalue weighted by atomic mass is 10.1. The Labute approximate surface area is 155 Å². The molecule has 1 atom stereocenters. The number of fused-ring (bicyclic) bond motifs is 2. The van der Waals surface area contributed by atoms with Gasteiger partial charge in [-0.25, -0.2) is 0 Å². The molecule has 26 heavy (non-hydrogen) atoms. The van der Waals surface area contributed by atoms with E-state index in [0.29, 0.717) is 13.0 Å². The molecule has 4 rings (SSSR count). The number of anilines is 1. The van der Waals surface area contributed by atoms with E-state index in [4.69, 9.17) is 9.47 Å². The summed E-state index contributed by atoms with van der Waals surface area (Å²) in [4.78, 5) is 26.0. The quantitative estimate of drug-likeness (QED) is 0.809. The average Bonchev–Trinajstić information content (AvgIpc) is 3.10. The predicted octanol–water partition coefficient (Wildman–Crippen LogP) is 2.58. The second-order valence-electron chi connectivity index (χ2n) is 6.28. The smallest absolute Gasteiger partial charge is 0.250 e. The normalized spacial score (nSPS) is 20.3. The minimum atomic E-state index is -1.19. The maximum Gasteiger partial charge on any atom is 0.250 e. The highest BCUT2D eigenvalue weighted by molar-refractivity contribution is 8.02. The SMILES string of the molecule is CC1(C(=O)NCCc2ccc3c(c2)OCO3)Sc2ccccc2NC1=O. The lowest BCUT2D eigenvalue weighted by Crippen LogP contribution is -2.52. The van der Waals surface area contributed by atoms with E-state index in [9.17, 15) is 9.59 Å². The van der Waals surface area contributed by atoms with Crippen molar-refractivity contribution in [2.45, 2.75) is 23.0 Å². The van der Waals surface area contributed by atoms with Crippen LogP contribution in [0.25, 0.3) is 0 Å². The van der Waals surface area contributed by atoms with Crippen molar-refractivity contribution in [2.24, 2.45) is 0 Å². The molecule has 7 heteroatoms. The Balaban J connectivity index is 1.39. The molecule has 6 nitrogen and oxygen atoms in total. The van der Waals surface area contributed by atoms with Crippen molar-refractivity contribution in [2.75, 3.05) is 18.7 Å². The number of para-hydroxylation sites is 1. The van der Waals surface area contributed by atoms with Gasteiger partial charge in [0.25, 0.3) is 0 Å². The van der Waals surface area contributed by atoms with E-state index in [-0.39, 0.29) is 18.6 Å². The summed E-state index contributed by atoms with van der Waals surface area (Å²) < 4.78 is 9.46. The lowest BCUT2D eigenvalue weighted by molar-refractivity contribution is -0.129. The number of benzene rings is 2. The molecule has 2 N–H and O–H groups in total. The van der Waals surface area contributed by atoms with Gasteiger partial charge in [-0.15, -0.1) is 0 Å². The van der Waals surface area contributed by atoms with Crippen molar-refractivity contribution in [3.63, 3.8) is 0 Å². The van der Waals surface area contributed by atoms with Crippen molar-refractivity contribution < 1.29 is 19.1 Å². The first-order valence-corrected chi connectivity index (χ1v) is 9.14. The van der Waals surface area contributed by atoms with Crippen LogP contribution in [0.15, 0.2) is 47.4 Å². The topological polar surface area (TPSA) is 76.7 Å². The van der Waals surface area contributed by atoms with Crippen LogP contribution < -0.4 is 20.1 Å². The first-order chi connectivity index (χ1) is 12.6. The van der Waals surface area contributed by atoms with Gasteiger partial charge in [0.15, 0.2) is 16.2 Å². The first-order valence-electron chi connectivity index (χ1n) is 8.32. The summed E-state index contributed by atoms with van der Waals surface area (Å²) in [7, 11) is 0. The Hall–Kier alpha value is -2.67. The van der Waals surface area contributed by atoms with Gasteiger partial charge in [-0.05, 0) is 43.2 Å². The fourth-order valence-corrected chi connectivity index (χ4v) is 4.03. The summed E-state index contributed by atoms with van der Waals surface area (Å²) in [5.41, 5.74) is 1.78. The largest absolute Gasteiger partial charge is 0.454 e. The number of carbonyl (C=O) groups is 2. The Morgan fingerprint density at radius 2 is 2.04 bits per heavy atom. The summed E-state index contributed by atoms with van der Waals surface area (Å²) in [6.07, 6.45) is 0.640. The Morgan fingerprint density at radius 1 is 1.23 bits per heavy atom. The van der Waals surface area contributed by atoms with Crippen LogP contribution in [0.4, 0.5) is 5.69 Å². The molecule has 2 aliphatic rings. The van der Waals surface area contributed by atoms with Crippen LogP contribution in [0.1, 0.15) is 12.5 Å². The number of hydrogen-bond donors (Lipinski definition) is 2. The van der Waals surface area contributed by atoms with E-state index in [1.54, 1.807) is 6.92 Å². The van der Waals surface area contributed by atoms with Crippen LogP contribution in [-0.2, 0) is 16.0 Å². The Bertz CT molecular complexity index is 886. The summed E-state index contributed by atoms with van der Waals surface area (Å²) in [6, 6.07) is 13.2. The molecule has 2 aliphatic heterocycles. The number of carbonyl (C=O) groups excluding carboxylic acids is 2. The van der Waals surface area contributed by atoms with Crippen molar-refractivity contribution in [1.29, 1.82) is 0 Å². The third-order valence-corrected chi connectivity index (χ3v) is 5.81. The van der Waals surface area contributed by atoms with Crippen molar-refractivity contribution in [3.05, 3.63) is 48.0 Å². The van der Waals surface area contributed by atoms with E-state index in [0.717, 1.165) is 27.6 Å². The molecule has 0 aliphatic carbocycles.